The first-order chi connectivity index (χ1) is 11.7. The maximum atomic E-state index is 12.5. The van der Waals surface area contributed by atoms with Gasteiger partial charge < -0.3 is 9.84 Å². The van der Waals surface area contributed by atoms with E-state index in [2.05, 4.69) is 20.4 Å². The summed E-state index contributed by atoms with van der Waals surface area (Å²) < 4.78 is 5.41. The standard InChI is InChI=1S/C18H28N4O2/c1-12(17(23)19-15-6-2-3-7-15)22-10-4-5-14(11-22)16-20-18(24-21-16)13-8-9-13/h12-15H,2-11H2,1H3,(H,19,23)/t12-,14-/m0/s1. The van der Waals surface area contributed by atoms with E-state index in [0.717, 1.165) is 50.5 Å². The summed E-state index contributed by atoms with van der Waals surface area (Å²) in [5.74, 6) is 2.62. The zero-order chi connectivity index (χ0) is 16.5. The average Bonchev–Trinajstić information content (AvgIpc) is 3.11. The van der Waals surface area contributed by atoms with Crippen molar-refractivity contribution in [1.82, 2.24) is 20.4 Å². The summed E-state index contributed by atoms with van der Waals surface area (Å²) in [6, 6.07) is 0.307. The smallest absolute Gasteiger partial charge is 0.237 e. The minimum atomic E-state index is -0.0804. The van der Waals surface area contributed by atoms with Crippen LogP contribution < -0.4 is 5.32 Å². The van der Waals surface area contributed by atoms with Crippen molar-refractivity contribution in [3.63, 3.8) is 0 Å². The Kier molecular flexibility index (Phi) is 4.57. The SMILES string of the molecule is C[C@@H](C(=O)NC1CCCC1)N1CCC[C@H](c2noc(C3CC3)n2)C1. The van der Waals surface area contributed by atoms with Gasteiger partial charge in [-0.2, -0.15) is 4.98 Å². The predicted molar refractivity (Wildman–Crippen MR) is 89.7 cm³/mol. The maximum Gasteiger partial charge on any atom is 0.237 e. The normalized spacial score (nSPS) is 27.3. The van der Waals surface area contributed by atoms with Crippen molar-refractivity contribution < 1.29 is 9.32 Å². The summed E-state index contributed by atoms with van der Waals surface area (Å²) in [7, 11) is 0. The van der Waals surface area contributed by atoms with Crippen molar-refractivity contribution in [2.45, 2.75) is 82.2 Å². The van der Waals surface area contributed by atoms with Crippen LogP contribution in [0.1, 0.15) is 81.8 Å². The third-order valence-corrected chi connectivity index (χ3v) is 5.83. The number of hydrogen-bond donors (Lipinski definition) is 1. The van der Waals surface area contributed by atoms with E-state index in [1.807, 2.05) is 6.92 Å². The van der Waals surface area contributed by atoms with Crippen molar-refractivity contribution in [3.8, 4) is 0 Å². The van der Waals surface area contributed by atoms with Gasteiger partial charge in [0.25, 0.3) is 0 Å². The second kappa shape index (κ2) is 6.82. The van der Waals surface area contributed by atoms with Gasteiger partial charge in [0.2, 0.25) is 11.8 Å². The van der Waals surface area contributed by atoms with Crippen LogP contribution in [0.15, 0.2) is 4.52 Å². The highest BCUT2D eigenvalue weighted by Crippen LogP contribution is 2.39. The molecule has 24 heavy (non-hydrogen) atoms. The predicted octanol–water partition coefficient (Wildman–Crippen LogP) is 2.57. The number of nitrogens with one attached hydrogen (secondary N) is 1. The number of aromatic nitrogens is 2. The molecule has 0 aromatic carbocycles. The van der Waals surface area contributed by atoms with Crippen molar-refractivity contribution in [3.05, 3.63) is 11.7 Å². The van der Waals surface area contributed by atoms with E-state index in [1.54, 1.807) is 0 Å². The van der Waals surface area contributed by atoms with Crippen LogP contribution in [0.3, 0.4) is 0 Å². The minimum absolute atomic E-state index is 0.0804. The molecule has 6 nitrogen and oxygen atoms in total. The molecule has 3 fully saturated rings. The quantitative estimate of drug-likeness (QED) is 0.897. The first kappa shape index (κ1) is 16.1. The highest BCUT2D eigenvalue weighted by atomic mass is 16.5. The lowest BCUT2D eigenvalue weighted by Crippen LogP contribution is -2.50. The molecular formula is C18H28N4O2. The summed E-state index contributed by atoms with van der Waals surface area (Å²) in [5.41, 5.74) is 0. The van der Waals surface area contributed by atoms with Gasteiger partial charge in [0.1, 0.15) is 0 Å². The summed E-state index contributed by atoms with van der Waals surface area (Å²) in [6.07, 6.45) is 9.27. The molecule has 1 aromatic rings. The minimum Gasteiger partial charge on any atom is -0.352 e. The number of nitrogens with zero attached hydrogens (tertiary/aromatic N) is 3. The lowest BCUT2D eigenvalue weighted by atomic mass is 9.96. The Morgan fingerprint density at radius 1 is 1.17 bits per heavy atom. The van der Waals surface area contributed by atoms with E-state index < -0.39 is 0 Å². The second-order valence-electron chi connectivity index (χ2n) is 7.77. The largest absolute Gasteiger partial charge is 0.352 e. The van der Waals surface area contributed by atoms with Gasteiger partial charge >= 0.3 is 0 Å². The van der Waals surface area contributed by atoms with E-state index >= 15 is 0 Å². The van der Waals surface area contributed by atoms with Gasteiger partial charge in [0.05, 0.1) is 6.04 Å². The molecule has 6 heteroatoms. The molecule has 3 aliphatic rings. The molecule has 0 unspecified atom stereocenters. The molecule has 1 aromatic heterocycles. The topological polar surface area (TPSA) is 71.3 Å². The fraction of sp³-hybridized carbons (Fsp3) is 0.833. The molecule has 1 aliphatic heterocycles. The highest BCUT2D eigenvalue weighted by molar-refractivity contribution is 5.81. The van der Waals surface area contributed by atoms with E-state index in [1.165, 1.54) is 25.7 Å². The van der Waals surface area contributed by atoms with Gasteiger partial charge in [-0.05, 0) is 52.0 Å². The lowest BCUT2D eigenvalue weighted by molar-refractivity contribution is -0.127. The second-order valence-corrected chi connectivity index (χ2v) is 7.77. The molecule has 1 amide bonds. The van der Waals surface area contributed by atoms with E-state index in [9.17, 15) is 4.79 Å². The monoisotopic (exact) mass is 332 g/mol. The summed E-state index contributed by atoms with van der Waals surface area (Å²) in [5, 5.41) is 7.44. The van der Waals surface area contributed by atoms with Gasteiger partial charge in [0, 0.05) is 24.4 Å². The molecule has 132 valence electrons. The number of piperidine rings is 1. The Hall–Kier alpha value is -1.43. The molecule has 0 bridgehead atoms. The van der Waals surface area contributed by atoms with Gasteiger partial charge in [-0.25, -0.2) is 0 Å². The maximum absolute atomic E-state index is 12.5. The fourth-order valence-electron chi connectivity index (χ4n) is 4.04. The molecule has 2 saturated carbocycles. The first-order valence-corrected chi connectivity index (χ1v) is 9.58. The average molecular weight is 332 g/mol. The van der Waals surface area contributed by atoms with E-state index in [0.29, 0.717) is 12.0 Å². The third-order valence-electron chi connectivity index (χ3n) is 5.83. The lowest BCUT2D eigenvalue weighted by Gasteiger charge is -2.35. The third kappa shape index (κ3) is 3.48. The van der Waals surface area contributed by atoms with Gasteiger partial charge in [-0.1, -0.05) is 18.0 Å². The van der Waals surface area contributed by atoms with Gasteiger partial charge in [0.15, 0.2) is 5.82 Å². The van der Waals surface area contributed by atoms with E-state index in [-0.39, 0.29) is 17.9 Å². The van der Waals surface area contributed by atoms with Crippen molar-refractivity contribution in [1.29, 1.82) is 0 Å². The van der Waals surface area contributed by atoms with Gasteiger partial charge in [-0.3, -0.25) is 9.69 Å². The molecule has 2 atom stereocenters. The van der Waals surface area contributed by atoms with Crippen LogP contribution in [-0.2, 0) is 4.79 Å². The Morgan fingerprint density at radius 2 is 1.96 bits per heavy atom. The van der Waals surface area contributed by atoms with Crippen LogP contribution in [-0.4, -0.2) is 46.1 Å². The number of likely N-dealkylation sites (tertiary alicyclic amines) is 1. The fourth-order valence-corrected chi connectivity index (χ4v) is 4.04. The van der Waals surface area contributed by atoms with Crippen LogP contribution in [0.25, 0.3) is 0 Å². The van der Waals surface area contributed by atoms with E-state index in [4.69, 9.17) is 4.52 Å². The van der Waals surface area contributed by atoms with Crippen molar-refractivity contribution in [2.75, 3.05) is 13.1 Å². The molecule has 0 radical (unpaired) electrons. The Labute approximate surface area is 143 Å². The van der Waals surface area contributed by atoms with Gasteiger partial charge in [-0.15, -0.1) is 0 Å². The molecular weight excluding hydrogens is 304 g/mol. The van der Waals surface area contributed by atoms with Crippen molar-refractivity contribution in [2.24, 2.45) is 0 Å². The number of hydrogen-bond acceptors (Lipinski definition) is 5. The molecule has 4 rings (SSSR count). The molecule has 2 aliphatic carbocycles. The molecule has 0 spiro atoms. The van der Waals surface area contributed by atoms with Crippen LogP contribution in [0.4, 0.5) is 0 Å². The van der Waals surface area contributed by atoms with Crippen LogP contribution in [0, 0.1) is 0 Å². The highest BCUT2D eigenvalue weighted by Gasteiger charge is 2.34. The van der Waals surface area contributed by atoms with Crippen LogP contribution in [0.2, 0.25) is 0 Å². The zero-order valence-corrected chi connectivity index (χ0v) is 14.5. The number of rotatable bonds is 5. The first-order valence-electron chi connectivity index (χ1n) is 9.58. The van der Waals surface area contributed by atoms with Crippen LogP contribution >= 0.6 is 0 Å². The summed E-state index contributed by atoms with van der Waals surface area (Å²) in [4.78, 5) is 19.4. The molecule has 1 N–H and O–H groups in total. The Morgan fingerprint density at radius 3 is 2.71 bits per heavy atom. The van der Waals surface area contributed by atoms with Crippen LogP contribution in [0.5, 0.6) is 0 Å². The number of carbonyl (C=O) groups excluding carboxylic acids is 1. The zero-order valence-electron chi connectivity index (χ0n) is 14.5. The Balaban J connectivity index is 1.35. The molecule has 2 heterocycles. The Bertz CT molecular complexity index is 577. The van der Waals surface area contributed by atoms with Crippen molar-refractivity contribution >= 4 is 5.91 Å². The summed E-state index contributed by atoms with van der Waals surface area (Å²) >= 11 is 0. The number of amides is 1. The molecule has 1 saturated heterocycles. The number of carbonyl (C=O) groups is 1. The summed E-state index contributed by atoms with van der Waals surface area (Å²) in [6.45, 7) is 3.85.